The topological polar surface area (TPSA) is 99.5 Å². The number of ketones is 2. The summed E-state index contributed by atoms with van der Waals surface area (Å²) >= 11 is 0. The van der Waals surface area contributed by atoms with Crippen LogP contribution in [0.15, 0.2) is 34.5 Å². The fourth-order valence-corrected chi connectivity index (χ4v) is 4.33. The van der Waals surface area contributed by atoms with E-state index in [0.717, 1.165) is 38.5 Å². The van der Waals surface area contributed by atoms with E-state index in [1.165, 1.54) is 10.0 Å². The van der Waals surface area contributed by atoms with Gasteiger partial charge in [0.15, 0.2) is 11.6 Å². The summed E-state index contributed by atoms with van der Waals surface area (Å²) in [4.78, 5) is 51.6. The first-order valence-corrected chi connectivity index (χ1v) is 12.2. The summed E-state index contributed by atoms with van der Waals surface area (Å²) < 4.78 is 0. The van der Waals surface area contributed by atoms with Crippen molar-refractivity contribution in [2.45, 2.75) is 66.2 Å². The number of hydrogen-bond donors (Lipinski definition) is 0. The van der Waals surface area contributed by atoms with Gasteiger partial charge in [-0.3, -0.25) is 19.2 Å². The molecule has 2 heterocycles. The number of Topliss-reactive ketones (excluding diaryl/α,β-unsaturated/α-hetero) is 2. The molecule has 3 rings (SSSR count). The van der Waals surface area contributed by atoms with Gasteiger partial charge in [-0.1, -0.05) is 63.8 Å². The quantitative estimate of drug-likeness (QED) is 0.263. The van der Waals surface area contributed by atoms with E-state index in [4.69, 9.17) is 0 Å². The molecular weight excluding hydrogens is 432 g/mol. The van der Waals surface area contributed by atoms with E-state index in [0.29, 0.717) is 35.6 Å². The first-order valence-electron chi connectivity index (χ1n) is 12.2. The number of hydrogen-bond acceptors (Lipinski definition) is 6. The second kappa shape index (κ2) is 11.3. The Morgan fingerprint density at radius 2 is 1.06 bits per heavy atom. The Kier molecular flexibility index (Phi) is 8.47. The molecule has 0 N–H and O–H groups in total. The minimum atomic E-state index is -0.925. The molecule has 8 nitrogen and oxygen atoms in total. The van der Waals surface area contributed by atoms with Crippen molar-refractivity contribution in [3.05, 3.63) is 35.4 Å². The van der Waals surface area contributed by atoms with Gasteiger partial charge in [0.05, 0.1) is 11.4 Å². The Morgan fingerprint density at radius 3 is 1.38 bits per heavy atom. The molecule has 2 atom stereocenters. The second-order valence-corrected chi connectivity index (χ2v) is 8.99. The lowest BCUT2D eigenvalue weighted by molar-refractivity contribution is -0.131. The van der Waals surface area contributed by atoms with E-state index in [2.05, 4.69) is 24.1 Å². The third-order valence-corrected chi connectivity index (χ3v) is 6.32. The summed E-state index contributed by atoms with van der Waals surface area (Å²) in [5, 5.41) is 11.4. The lowest BCUT2D eigenvalue weighted by atomic mass is 9.90. The van der Waals surface area contributed by atoms with Gasteiger partial charge in [-0.15, -0.1) is 0 Å². The summed E-state index contributed by atoms with van der Waals surface area (Å²) in [6, 6.07) is 6.17. The predicted octanol–water partition coefficient (Wildman–Crippen LogP) is 4.10. The fraction of sp³-hybridized carbons (Fsp3) is 0.538. The predicted molar refractivity (Wildman–Crippen MR) is 131 cm³/mol. The zero-order valence-electron chi connectivity index (χ0n) is 20.5. The molecule has 2 amide bonds. The largest absolute Gasteiger partial charge is 0.293 e. The maximum Gasteiger partial charge on any atom is 0.259 e. The zero-order valence-corrected chi connectivity index (χ0v) is 20.5. The van der Waals surface area contributed by atoms with Gasteiger partial charge in [-0.25, -0.2) is 10.0 Å². The van der Waals surface area contributed by atoms with Gasteiger partial charge in [0.2, 0.25) is 0 Å². The number of amides is 2. The molecule has 1 aromatic rings. The first kappa shape index (κ1) is 25.5. The Hall–Kier alpha value is -3.16. The van der Waals surface area contributed by atoms with Crippen molar-refractivity contribution in [1.82, 2.24) is 10.0 Å². The summed E-state index contributed by atoms with van der Waals surface area (Å²) in [6.45, 7) is 8.57. The molecule has 0 bridgehead atoms. The molecule has 0 spiro atoms. The van der Waals surface area contributed by atoms with Crippen LogP contribution < -0.4 is 0 Å². The van der Waals surface area contributed by atoms with Crippen molar-refractivity contribution in [2.75, 3.05) is 13.1 Å². The highest BCUT2D eigenvalue weighted by atomic mass is 16.2. The molecule has 0 aliphatic carbocycles. The maximum absolute atomic E-state index is 13.1. The summed E-state index contributed by atoms with van der Waals surface area (Å²) in [5.74, 6) is -3.12. The van der Waals surface area contributed by atoms with Crippen LogP contribution in [-0.2, 0) is 9.59 Å². The monoisotopic (exact) mass is 466 g/mol. The lowest BCUT2D eigenvalue weighted by Crippen LogP contribution is -2.34. The number of nitrogens with zero attached hydrogens (tertiary/aromatic N) is 4. The standard InChI is InChI=1S/C26H34N4O4/c1-5-7-9-15-29-25(33)21(17(3)27-29)23(31)19-11-13-20(14-12-19)24(32)22-18(4)28-30(26(22)34)16-10-8-6-2/h11-14,21-22H,5-10,15-16H2,1-4H3/t21-,22-/m0/s1. The molecule has 2 aliphatic heterocycles. The van der Waals surface area contributed by atoms with Gasteiger partial charge in [-0.05, 0) is 26.7 Å². The molecule has 0 aromatic heterocycles. The van der Waals surface area contributed by atoms with Crippen LogP contribution in [0.25, 0.3) is 0 Å². The molecule has 1 aromatic carbocycles. The SMILES string of the molecule is CCCCCN1N=C(C)[C@@H](C(=O)c2ccc(C(=O)[C@H]3C(=O)N(CCCCC)N=C3C)cc2)C1=O. The van der Waals surface area contributed by atoms with E-state index in [-0.39, 0.29) is 23.4 Å². The first-order chi connectivity index (χ1) is 16.3. The average molecular weight is 467 g/mol. The molecule has 0 saturated heterocycles. The Morgan fingerprint density at radius 1 is 0.706 bits per heavy atom. The van der Waals surface area contributed by atoms with Crippen LogP contribution in [-0.4, -0.2) is 57.9 Å². The van der Waals surface area contributed by atoms with Gasteiger partial charge in [0.1, 0.15) is 11.8 Å². The minimum Gasteiger partial charge on any atom is -0.293 e. The van der Waals surface area contributed by atoms with Crippen molar-refractivity contribution in [1.29, 1.82) is 0 Å². The van der Waals surface area contributed by atoms with Gasteiger partial charge in [0, 0.05) is 24.2 Å². The van der Waals surface area contributed by atoms with Gasteiger partial charge in [0.25, 0.3) is 11.8 Å². The number of hydrazone groups is 2. The normalized spacial score (nSPS) is 20.1. The molecule has 0 saturated carbocycles. The number of carbonyl (C=O) groups is 4. The molecule has 182 valence electrons. The molecular formula is C26H34N4O4. The number of benzene rings is 1. The van der Waals surface area contributed by atoms with Crippen molar-refractivity contribution in [2.24, 2.45) is 22.0 Å². The highest BCUT2D eigenvalue weighted by molar-refractivity contribution is 6.28. The molecule has 2 aliphatic rings. The van der Waals surface area contributed by atoms with Crippen molar-refractivity contribution in [3.63, 3.8) is 0 Å². The fourth-order valence-electron chi connectivity index (χ4n) is 4.33. The second-order valence-electron chi connectivity index (χ2n) is 8.99. The van der Waals surface area contributed by atoms with Gasteiger partial charge >= 0.3 is 0 Å². The van der Waals surface area contributed by atoms with Gasteiger partial charge < -0.3 is 0 Å². The van der Waals surface area contributed by atoms with Gasteiger partial charge in [-0.2, -0.15) is 10.2 Å². The van der Waals surface area contributed by atoms with E-state index in [1.54, 1.807) is 38.1 Å². The zero-order chi connectivity index (χ0) is 24.8. The van der Waals surface area contributed by atoms with Crippen LogP contribution in [0.3, 0.4) is 0 Å². The third kappa shape index (κ3) is 5.32. The van der Waals surface area contributed by atoms with Crippen LogP contribution in [0, 0.1) is 11.8 Å². The Bertz CT molecular complexity index is 931. The van der Waals surface area contributed by atoms with Crippen molar-refractivity contribution < 1.29 is 19.2 Å². The van der Waals surface area contributed by atoms with E-state index >= 15 is 0 Å². The van der Waals surface area contributed by atoms with Crippen LogP contribution in [0.2, 0.25) is 0 Å². The molecule has 8 heteroatoms. The van der Waals surface area contributed by atoms with Crippen LogP contribution in [0.1, 0.15) is 86.9 Å². The van der Waals surface area contributed by atoms with E-state index < -0.39 is 11.8 Å². The Balaban J connectivity index is 1.67. The summed E-state index contributed by atoms with van der Waals surface area (Å²) in [5.41, 5.74) is 1.64. The third-order valence-electron chi connectivity index (χ3n) is 6.32. The molecule has 0 fully saturated rings. The van der Waals surface area contributed by atoms with Crippen LogP contribution in [0.4, 0.5) is 0 Å². The van der Waals surface area contributed by atoms with Crippen molar-refractivity contribution in [3.8, 4) is 0 Å². The smallest absolute Gasteiger partial charge is 0.259 e. The van der Waals surface area contributed by atoms with Crippen molar-refractivity contribution >= 4 is 34.8 Å². The van der Waals surface area contributed by atoms with Crippen LogP contribution >= 0.6 is 0 Å². The van der Waals surface area contributed by atoms with E-state index in [1.807, 2.05) is 0 Å². The molecule has 0 unspecified atom stereocenters. The Labute approximate surface area is 201 Å². The summed E-state index contributed by atoms with van der Waals surface area (Å²) in [7, 11) is 0. The number of rotatable bonds is 12. The lowest BCUT2D eigenvalue weighted by Gasteiger charge is -2.14. The molecule has 0 radical (unpaired) electrons. The molecule has 34 heavy (non-hydrogen) atoms. The minimum absolute atomic E-state index is 0.301. The average Bonchev–Trinajstić information content (AvgIpc) is 3.27. The van der Waals surface area contributed by atoms with E-state index in [9.17, 15) is 19.2 Å². The van der Waals surface area contributed by atoms with Crippen LogP contribution in [0.5, 0.6) is 0 Å². The highest BCUT2D eigenvalue weighted by Crippen LogP contribution is 2.24. The maximum atomic E-state index is 13.1. The number of unbranched alkanes of at least 4 members (excludes halogenated alkanes) is 4. The highest BCUT2D eigenvalue weighted by Gasteiger charge is 2.40. The summed E-state index contributed by atoms with van der Waals surface area (Å²) in [6.07, 6.45) is 5.75. The number of carbonyl (C=O) groups excluding carboxylic acids is 4.